The first kappa shape index (κ1) is 51.9. The maximum Gasteiger partial charge on any atom is 0.145 e. The van der Waals surface area contributed by atoms with Crippen LogP contribution in [0, 0.1) is 0 Å². The van der Waals surface area contributed by atoms with Gasteiger partial charge in [-0.3, -0.25) is 0 Å². The number of fused-ring (bicyclic) bond motifs is 21. The molecule has 0 aliphatic heterocycles. The molecule has 88 heavy (non-hydrogen) atoms. The summed E-state index contributed by atoms with van der Waals surface area (Å²) in [5, 5.41) is 11.9. The molecule has 420 valence electrons. The Hall–Kier alpha value is -10.5. The number of nitrogens with zero attached hydrogens (tertiary/aromatic N) is 2. The van der Waals surface area contributed by atoms with Gasteiger partial charge in [0.1, 0.15) is 11.2 Å². The minimum absolute atomic E-state index is 0.00870. The summed E-state index contributed by atoms with van der Waals surface area (Å²) in [7, 11) is 0. The SMILES string of the molecule is CC(C)(C)c1ccc(N(c2ccc3ccccc3c2)c2ccc3c4c(c5ccccc5c3c2)-c2c(cc(N(c3ccc(-c5ccc6ccccc6c5)cc3)c3ccc(C(C)(C)C)cc3)c3c2oc2ccccc23)C42c3ccccc3-c3ccccc32)cc1. The molecule has 0 fully saturated rings. The van der Waals surface area contributed by atoms with Gasteiger partial charge in [0.05, 0.1) is 16.5 Å². The second-order valence-electron chi connectivity index (χ2n) is 26.4. The van der Waals surface area contributed by atoms with E-state index < -0.39 is 5.41 Å². The van der Waals surface area contributed by atoms with Crippen LogP contribution in [-0.2, 0) is 16.2 Å². The molecule has 0 saturated carbocycles. The van der Waals surface area contributed by atoms with Gasteiger partial charge in [-0.1, -0.05) is 242 Å². The lowest BCUT2D eigenvalue weighted by molar-refractivity contribution is 0.590. The number of anilines is 6. The van der Waals surface area contributed by atoms with Crippen LogP contribution in [0.4, 0.5) is 34.1 Å². The lowest BCUT2D eigenvalue weighted by Gasteiger charge is -2.33. The molecule has 14 aromatic carbocycles. The molecule has 17 rings (SSSR count). The van der Waals surface area contributed by atoms with Crippen molar-refractivity contribution >= 4 is 99.2 Å². The van der Waals surface area contributed by atoms with Crippen LogP contribution in [0.3, 0.4) is 0 Å². The molecule has 3 heteroatoms. The van der Waals surface area contributed by atoms with E-state index in [-0.39, 0.29) is 10.8 Å². The van der Waals surface area contributed by atoms with E-state index >= 15 is 0 Å². The Morgan fingerprint density at radius 3 is 1.43 bits per heavy atom. The molecule has 15 aromatic rings. The summed E-state index contributed by atoms with van der Waals surface area (Å²) in [5.74, 6) is 0. The fraction of sp³-hybridized carbons (Fsp3) is 0.106. The topological polar surface area (TPSA) is 19.6 Å². The summed E-state index contributed by atoms with van der Waals surface area (Å²) in [6.07, 6.45) is 0. The van der Waals surface area contributed by atoms with Crippen molar-refractivity contribution in [1.82, 2.24) is 0 Å². The molecule has 0 atom stereocenters. The third-order valence-corrected chi connectivity index (χ3v) is 19.3. The highest BCUT2D eigenvalue weighted by molar-refractivity contribution is 6.26. The fourth-order valence-corrected chi connectivity index (χ4v) is 15.1. The smallest absolute Gasteiger partial charge is 0.145 e. The summed E-state index contributed by atoms with van der Waals surface area (Å²) in [6.45, 7) is 13.7. The van der Waals surface area contributed by atoms with Crippen molar-refractivity contribution in [1.29, 1.82) is 0 Å². The second kappa shape index (κ2) is 19.3. The summed E-state index contributed by atoms with van der Waals surface area (Å²) in [6, 6.07) is 105. The van der Waals surface area contributed by atoms with Crippen LogP contribution in [-0.4, -0.2) is 0 Å². The minimum atomic E-state index is -0.772. The van der Waals surface area contributed by atoms with Crippen molar-refractivity contribution in [2.45, 2.75) is 57.8 Å². The van der Waals surface area contributed by atoms with Gasteiger partial charge in [0, 0.05) is 39.4 Å². The molecule has 0 unspecified atom stereocenters. The predicted octanol–water partition coefficient (Wildman–Crippen LogP) is 23.7. The first-order valence-electron chi connectivity index (χ1n) is 31.0. The van der Waals surface area contributed by atoms with Crippen molar-refractivity contribution in [2.75, 3.05) is 9.80 Å². The molecule has 0 radical (unpaired) electrons. The maximum atomic E-state index is 7.61. The van der Waals surface area contributed by atoms with Crippen LogP contribution < -0.4 is 9.80 Å². The first-order chi connectivity index (χ1) is 42.9. The van der Waals surface area contributed by atoms with Gasteiger partial charge in [-0.2, -0.15) is 0 Å². The lowest BCUT2D eigenvalue weighted by Crippen LogP contribution is -2.26. The fourth-order valence-electron chi connectivity index (χ4n) is 15.1. The molecule has 0 N–H and O–H groups in total. The van der Waals surface area contributed by atoms with Gasteiger partial charge >= 0.3 is 0 Å². The van der Waals surface area contributed by atoms with E-state index in [0.29, 0.717) is 0 Å². The van der Waals surface area contributed by atoms with Crippen LogP contribution in [0.1, 0.15) is 74.9 Å². The Morgan fingerprint density at radius 2 is 0.795 bits per heavy atom. The Labute approximate surface area is 514 Å². The number of hydrogen-bond donors (Lipinski definition) is 0. The van der Waals surface area contributed by atoms with Gasteiger partial charge in [0.15, 0.2) is 0 Å². The third kappa shape index (κ3) is 7.76. The first-order valence-corrected chi connectivity index (χ1v) is 31.0. The van der Waals surface area contributed by atoms with Gasteiger partial charge in [-0.15, -0.1) is 0 Å². The van der Waals surface area contributed by atoms with Crippen LogP contribution in [0.15, 0.2) is 283 Å². The Bertz CT molecular complexity index is 5300. The van der Waals surface area contributed by atoms with Gasteiger partial charge < -0.3 is 14.2 Å². The van der Waals surface area contributed by atoms with E-state index in [9.17, 15) is 0 Å². The van der Waals surface area contributed by atoms with Gasteiger partial charge in [0.25, 0.3) is 0 Å². The van der Waals surface area contributed by atoms with Gasteiger partial charge in [0.2, 0.25) is 0 Å². The Balaban J connectivity index is 0.970. The van der Waals surface area contributed by atoms with Crippen molar-refractivity contribution in [3.05, 3.63) is 312 Å². The lowest BCUT2D eigenvalue weighted by atomic mass is 9.69. The molecule has 1 heterocycles. The monoisotopic (exact) mass is 1130 g/mol. The van der Waals surface area contributed by atoms with Crippen molar-refractivity contribution in [3.8, 4) is 33.4 Å². The van der Waals surface area contributed by atoms with Crippen molar-refractivity contribution in [2.24, 2.45) is 0 Å². The average molecular weight is 1130 g/mol. The molecule has 1 aromatic heterocycles. The molecule has 3 nitrogen and oxygen atoms in total. The van der Waals surface area contributed by atoms with Crippen molar-refractivity contribution < 1.29 is 4.42 Å². The summed E-state index contributed by atoms with van der Waals surface area (Å²) >= 11 is 0. The molecule has 0 bridgehead atoms. The van der Waals surface area contributed by atoms with E-state index in [0.717, 1.165) is 61.6 Å². The van der Waals surface area contributed by atoms with Crippen LogP contribution >= 0.6 is 0 Å². The quantitative estimate of drug-likeness (QED) is 0.148. The largest absolute Gasteiger partial charge is 0.455 e. The standard InChI is InChI=1S/C85H64N2O/c1-83(2,3)59-36-43-61(44-37-59)86(64-42-35-54-20-8-10-22-57(54)50-64)65-47-48-70-72(51-65)66-23-11-12-26-69(66)79-80-75(85(81(70)79)73-28-16-13-24-67(73)68-25-14-17-29-74(68)85)52-76(78-71-27-15-18-30-77(71)88-82(78)80)87(63-45-38-60(39-46-63)84(4,5)6)62-40-33-55(34-41-62)58-32-31-53-19-7-9-21-56(53)49-58/h7-52H,1-6H3. The second-order valence-corrected chi connectivity index (χ2v) is 26.4. The zero-order chi connectivity index (χ0) is 59.2. The molecule has 0 saturated heterocycles. The number of para-hydroxylation sites is 1. The van der Waals surface area contributed by atoms with Gasteiger partial charge in [-0.25, -0.2) is 0 Å². The summed E-state index contributed by atoms with van der Waals surface area (Å²) in [5.41, 5.74) is 22.3. The zero-order valence-electron chi connectivity index (χ0n) is 50.4. The highest BCUT2D eigenvalue weighted by Crippen LogP contribution is 2.68. The Morgan fingerprint density at radius 1 is 0.318 bits per heavy atom. The van der Waals surface area contributed by atoms with Crippen LogP contribution in [0.5, 0.6) is 0 Å². The van der Waals surface area contributed by atoms with E-state index in [4.69, 9.17) is 4.42 Å². The molecular weight excluding hydrogens is 1060 g/mol. The highest BCUT2D eigenvalue weighted by Gasteiger charge is 2.54. The predicted molar refractivity (Wildman–Crippen MR) is 372 cm³/mol. The summed E-state index contributed by atoms with van der Waals surface area (Å²) < 4.78 is 7.61. The zero-order valence-corrected chi connectivity index (χ0v) is 50.4. The average Bonchev–Trinajstić information content (AvgIpc) is 1.49. The molecule has 2 aliphatic carbocycles. The van der Waals surface area contributed by atoms with Crippen molar-refractivity contribution in [3.63, 3.8) is 0 Å². The molecule has 1 spiro atoms. The third-order valence-electron chi connectivity index (χ3n) is 19.3. The highest BCUT2D eigenvalue weighted by atomic mass is 16.3. The minimum Gasteiger partial charge on any atom is -0.455 e. The van der Waals surface area contributed by atoms with E-state index in [1.165, 1.54) is 104 Å². The number of benzene rings is 14. The van der Waals surface area contributed by atoms with Crippen LogP contribution in [0.2, 0.25) is 0 Å². The van der Waals surface area contributed by atoms with E-state index in [1.807, 2.05) is 0 Å². The summed E-state index contributed by atoms with van der Waals surface area (Å²) in [4.78, 5) is 4.95. The number of furan rings is 1. The molecule has 0 amide bonds. The number of rotatable bonds is 7. The van der Waals surface area contributed by atoms with E-state index in [2.05, 4.69) is 330 Å². The molecular formula is C85H64N2O. The Kier molecular flexibility index (Phi) is 11.4. The normalized spacial score (nSPS) is 13.2. The van der Waals surface area contributed by atoms with E-state index in [1.54, 1.807) is 0 Å². The maximum absolute atomic E-state index is 7.61. The van der Waals surface area contributed by atoms with Crippen LogP contribution in [0.25, 0.3) is 98.4 Å². The molecule has 2 aliphatic rings. The number of hydrogen-bond acceptors (Lipinski definition) is 3. The van der Waals surface area contributed by atoms with Gasteiger partial charge in [-0.05, 0) is 194 Å².